The zero-order valence-corrected chi connectivity index (χ0v) is 26.8. The first-order valence-corrected chi connectivity index (χ1v) is 15.1. The number of amides is 3. The Morgan fingerprint density at radius 2 is 1.29 bits per heavy atom. The highest BCUT2D eigenvalue weighted by atomic mass is 35.5. The van der Waals surface area contributed by atoms with Gasteiger partial charge in [0.15, 0.2) is 0 Å². The van der Waals surface area contributed by atoms with E-state index in [1.54, 1.807) is 46.4 Å². The van der Waals surface area contributed by atoms with Crippen molar-refractivity contribution in [1.82, 2.24) is 20.5 Å². The van der Waals surface area contributed by atoms with Gasteiger partial charge in [-0.05, 0) is 92.2 Å². The van der Waals surface area contributed by atoms with E-state index < -0.39 is 41.1 Å². The fraction of sp³-hybridized carbons (Fsp3) is 0.724. The first-order chi connectivity index (χ1) is 19.4. The van der Waals surface area contributed by atoms with Gasteiger partial charge in [0.05, 0.1) is 0 Å². The van der Waals surface area contributed by atoms with E-state index in [1.165, 1.54) is 0 Å². The second kappa shape index (κ2) is 15.4. The summed E-state index contributed by atoms with van der Waals surface area (Å²) in [5.74, 6) is -4.65. The molecule has 0 aromatic carbocycles. The number of alkyl carbamates (subject to hydrolysis) is 2. The highest BCUT2D eigenvalue weighted by Crippen LogP contribution is 2.46. The van der Waals surface area contributed by atoms with Gasteiger partial charge in [0.2, 0.25) is 5.91 Å². The van der Waals surface area contributed by atoms with Crippen molar-refractivity contribution in [1.29, 1.82) is 0 Å². The number of hydrogen-bond donors (Lipinski definition) is 2. The second-order valence-electron chi connectivity index (χ2n) is 12.6. The SMILES string of the molecule is CC(C)(C)OC(=O)NCCCN(CCCNC(=O)OC(C)(C)C)C(=O)C1CCC(C(F)(F)c2cc(Cl)nc(Cl)c2)CC1. The Bertz CT molecular complexity index is 1010. The number of ether oxygens (including phenoxy) is 2. The van der Waals surface area contributed by atoms with Crippen LogP contribution in [0.1, 0.15) is 85.6 Å². The summed E-state index contributed by atoms with van der Waals surface area (Å²) in [7, 11) is 0. The van der Waals surface area contributed by atoms with E-state index in [2.05, 4.69) is 15.6 Å². The summed E-state index contributed by atoms with van der Waals surface area (Å²) in [4.78, 5) is 42.9. The minimum atomic E-state index is -3.16. The number of carbonyl (C=O) groups is 3. The van der Waals surface area contributed by atoms with Crippen LogP contribution in [0.25, 0.3) is 0 Å². The molecule has 238 valence electrons. The quantitative estimate of drug-likeness (QED) is 0.201. The number of alkyl halides is 2. The predicted molar refractivity (Wildman–Crippen MR) is 158 cm³/mol. The third-order valence-electron chi connectivity index (χ3n) is 6.59. The molecular weight excluding hydrogens is 593 g/mol. The van der Waals surface area contributed by atoms with Gasteiger partial charge in [-0.2, -0.15) is 0 Å². The maximum absolute atomic E-state index is 15.3. The number of nitrogens with zero attached hydrogens (tertiary/aromatic N) is 2. The van der Waals surface area contributed by atoms with E-state index in [0.29, 0.717) is 51.9 Å². The van der Waals surface area contributed by atoms with Gasteiger partial charge in [0.1, 0.15) is 21.5 Å². The van der Waals surface area contributed by atoms with E-state index in [9.17, 15) is 14.4 Å². The fourth-order valence-corrected chi connectivity index (χ4v) is 5.20. The average molecular weight is 638 g/mol. The molecule has 1 heterocycles. The van der Waals surface area contributed by atoms with Crippen molar-refractivity contribution in [3.63, 3.8) is 0 Å². The molecule has 42 heavy (non-hydrogen) atoms. The van der Waals surface area contributed by atoms with E-state index in [0.717, 1.165) is 12.1 Å². The molecule has 9 nitrogen and oxygen atoms in total. The van der Waals surface area contributed by atoms with Crippen LogP contribution in [-0.2, 0) is 20.2 Å². The molecule has 2 N–H and O–H groups in total. The average Bonchev–Trinajstić information content (AvgIpc) is 2.84. The summed E-state index contributed by atoms with van der Waals surface area (Å²) >= 11 is 11.7. The number of pyridine rings is 1. The second-order valence-corrected chi connectivity index (χ2v) is 13.3. The van der Waals surface area contributed by atoms with Gasteiger partial charge in [-0.3, -0.25) is 4.79 Å². The molecule has 2 rings (SSSR count). The van der Waals surface area contributed by atoms with E-state index in [-0.39, 0.29) is 34.6 Å². The Hall–Kier alpha value is -2.40. The molecule has 1 saturated carbocycles. The van der Waals surface area contributed by atoms with Crippen molar-refractivity contribution in [2.45, 2.75) is 97.2 Å². The Kier molecular flexibility index (Phi) is 13.1. The summed E-state index contributed by atoms with van der Waals surface area (Å²) in [6.45, 7) is 11.9. The smallest absolute Gasteiger partial charge is 0.407 e. The van der Waals surface area contributed by atoms with Crippen LogP contribution in [0.3, 0.4) is 0 Å². The fourth-order valence-electron chi connectivity index (χ4n) is 4.74. The molecule has 1 aliphatic rings. The summed E-state index contributed by atoms with van der Waals surface area (Å²) in [5, 5.41) is 5.17. The van der Waals surface area contributed by atoms with Crippen molar-refractivity contribution in [2.75, 3.05) is 26.2 Å². The monoisotopic (exact) mass is 636 g/mol. The van der Waals surface area contributed by atoms with Gasteiger partial charge in [0, 0.05) is 43.6 Å². The molecule has 3 amide bonds. The Balaban J connectivity index is 1.97. The van der Waals surface area contributed by atoms with Crippen LogP contribution in [0.15, 0.2) is 12.1 Å². The molecule has 0 saturated heterocycles. The lowest BCUT2D eigenvalue weighted by atomic mass is 9.77. The van der Waals surface area contributed by atoms with E-state index in [4.69, 9.17) is 32.7 Å². The molecular formula is C29H44Cl2F2N4O5. The summed E-state index contributed by atoms with van der Waals surface area (Å²) in [5.41, 5.74) is -1.53. The first kappa shape index (κ1) is 35.8. The third-order valence-corrected chi connectivity index (χ3v) is 6.98. The van der Waals surface area contributed by atoms with Gasteiger partial charge < -0.3 is 25.0 Å². The maximum Gasteiger partial charge on any atom is 0.407 e. The highest BCUT2D eigenvalue weighted by molar-refractivity contribution is 6.32. The summed E-state index contributed by atoms with van der Waals surface area (Å²) in [6.07, 6.45) is 0.812. The van der Waals surface area contributed by atoms with E-state index in [1.807, 2.05) is 0 Å². The van der Waals surface area contributed by atoms with Crippen LogP contribution < -0.4 is 10.6 Å². The standard InChI is InChI=1S/C29H44Cl2F2N4O5/c1-27(2,3)41-25(39)34-13-7-15-37(16-8-14-35-26(40)42-28(4,5)6)24(38)19-9-11-20(12-10-19)29(32,33)21-17-22(30)36-23(31)18-21/h17-20H,7-16H2,1-6H3,(H,34,39)(H,35,40). The number of hydrogen-bond acceptors (Lipinski definition) is 6. The van der Waals surface area contributed by atoms with Gasteiger partial charge in [-0.15, -0.1) is 0 Å². The van der Waals surface area contributed by atoms with Crippen molar-refractivity contribution >= 4 is 41.3 Å². The van der Waals surface area contributed by atoms with Gasteiger partial charge >= 0.3 is 12.2 Å². The molecule has 1 aromatic rings. The third kappa shape index (κ3) is 12.5. The van der Waals surface area contributed by atoms with Crippen LogP contribution in [0.5, 0.6) is 0 Å². The number of carbonyl (C=O) groups excluding carboxylic acids is 3. The number of nitrogens with one attached hydrogen (secondary N) is 2. The Morgan fingerprint density at radius 1 is 0.857 bits per heavy atom. The molecule has 13 heteroatoms. The molecule has 1 fully saturated rings. The minimum Gasteiger partial charge on any atom is -0.444 e. The van der Waals surface area contributed by atoms with Gasteiger partial charge in [-0.25, -0.2) is 23.4 Å². The van der Waals surface area contributed by atoms with E-state index >= 15 is 8.78 Å². The lowest BCUT2D eigenvalue weighted by Gasteiger charge is -2.35. The molecule has 1 aromatic heterocycles. The molecule has 0 spiro atoms. The lowest BCUT2D eigenvalue weighted by molar-refractivity contribution is -0.139. The zero-order valence-electron chi connectivity index (χ0n) is 25.3. The summed E-state index contributed by atoms with van der Waals surface area (Å²) < 4.78 is 41.1. The molecule has 1 aliphatic carbocycles. The normalized spacial score (nSPS) is 17.8. The molecule has 0 unspecified atom stereocenters. The van der Waals surface area contributed by atoms with Crippen molar-refractivity contribution < 1.29 is 32.6 Å². The molecule has 0 radical (unpaired) electrons. The van der Waals surface area contributed by atoms with Crippen LogP contribution in [0.2, 0.25) is 10.3 Å². The zero-order chi connectivity index (χ0) is 31.7. The maximum atomic E-state index is 15.3. The van der Waals surface area contributed by atoms with Gasteiger partial charge in [-0.1, -0.05) is 23.2 Å². The Morgan fingerprint density at radius 3 is 1.69 bits per heavy atom. The largest absolute Gasteiger partial charge is 0.444 e. The lowest BCUT2D eigenvalue weighted by Crippen LogP contribution is -2.42. The van der Waals surface area contributed by atoms with Crippen LogP contribution in [0.4, 0.5) is 18.4 Å². The highest BCUT2D eigenvalue weighted by Gasteiger charge is 2.44. The van der Waals surface area contributed by atoms with Gasteiger partial charge in [0.25, 0.3) is 5.92 Å². The minimum absolute atomic E-state index is 0.0982. The predicted octanol–water partition coefficient (Wildman–Crippen LogP) is 6.94. The van der Waals surface area contributed by atoms with Crippen LogP contribution >= 0.6 is 23.2 Å². The molecule has 0 aliphatic heterocycles. The summed E-state index contributed by atoms with van der Waals surface area (Å²) in [6, 6.07) is 2.26. The number of rotatable bonds is 11. The topological polar surface area (TPSA) is 110 Å². The van der Waals surface area contributed by atoms with Crippen molar-refractivity contribution in [3.05, 3.63) is 28.0 Å². The Labute approximate surface area is 257 Å². The molecule has 0 atom stereocenters. The first-order valence-electron chi connectivity index (χ1n) is 14.3. The van der Waals surface area contributed by atoms with Crippen molar-refractivity contribution in [3.8, 4) is 0 Å². The number of aromatic nitrogens is 1. The molecule has 0 bridgehead atoms. The van der Waals surface area contributed by atoms with Crippen LogP contribution in [0, 0.1) is 11.8 Å². The van der Waals surface area contributed by atoms with Crippen molar-refractivity contribution in [2.24, 2.45) is 11.8 Å². The van der Waals surface area contributed by atoms with Crippen LogP contribution in [-0.4, -0.2) is 65.4 Å². The number of halogens is 4.